The van der Waals surface area contributed by atoms with Gasteiger partial charge in [-0.1, -0.05) is 36.4 Å². The van der Waals surface area contributed by atoms with Gasteiger partial charge in [-0.2, -0.15) is 0 Å². The van der Waals surface area contributed by atoms with Gasteiger partial charge >= 0.3 is 0 Å². The fourth-order valence-corrected chi connectivity index (χ4v) is 4.62. The smallest absolute Gasteiger partial charge is 0.254 e. The average molecular weight is 379 g/mol. The van der Waals surface area contributed by atoms with Crippen molar-refractivity contribution in [3.05, 3.63) is 59.7 Å². The van der Waals surface area contributed by atoms with E-state index in [-0.39, 0.29) is 12.5 Å². The van der Waals surface area contributed by atoms with E-state index in [4.69, 9.17) is 0 Å². The predicted molar refractivity (Wildman–Crippen MR) is 112 cm³/mol. The number of hydrogen-bond donors (Lipinski definition) is 1. The summed E-state index contributed by atoms with van der Waals surface area (Å²) in [5.74, 6) is 0.158. The van der Waals surface area contributed by atoms with Crippen LogP contribution in [0, 0.1) is 0 Å². The Morgan fingerprint density at radius 1 is 0.929 bits per heavy atom. The van der Waals surface area contributed by atoms with Gasteiger partial charge < -0.3 is 14.9 Å². The molecule has 2 aliphatic heterocycles. The van der Waals surface area contributed by atoms with Crippen LogP contribution in [-0.4, -0.2) is 53.0 Å². The molecule has 4 heteroatoms. The van der Waals surface area contributed by atoms with E-state index in [1.165, 1.54) is 32.4 Å². The Morgan fingerprint density at radius 2 is 1.64 bits per heavy atom. The zero-order valence-corrected chi connectivity index (χ0v) is 16.5. The van der Waals surface area contributed by atoms with Crippen LogP contribution in [0.15, 0.2) is 48.5 Å². The Kier molecular flexibility index (Phi) is 6.08. The lowest BCUT2D eigenvalue weighted by Crippen LogP contribution is -2.49. The normalized spacial score (nSPS) is 20.5. The zero-order valence-electron chi connectivity index (χ0n) is 16.5. The molecule has 2 saturated heterocycles. The molecule has 1 amide bonds. The van der Waals surface area contributed by atoms with E-state index < -0.39 is 0 Å². The topological polar surface area (TPSA) is 43.8 Å². The number of amides is 1. The minimum atomic E-state index is 0.0167. The summed E-state index contributed by atoms with van der Waals surface area (Å²) < 4.78 is 0. The van der Waals surface area contributed by atoms with Gasteiger partial charge in [0.2, 0.25) is 0 Å². The molecule has 4 rings (SSSR count). The maximum absolute atomic E-state index is 13.2. The highest BCUT2D eigenvalue weighted by atomic mass is 16.3. The molecule has 2 aromatic carbocycles. The summed E-state index contributed by atoms with van der Waals surface area (Å²) in [6, 6.07) is 16.1. The molecule has 1 N–H and O–H groups in total. The summed E-state index contributed by atoms with van der Waals surface area (Å²) in [5.41, 5.74) is 3.73. The van der Waals surface area contributed by atoms with Gasteiger partial charge in [0.05, 0.1) is 6.61 Å². The van der Waals surface area contributed by atoms with Crippen LogP contribution >= 0.6 is 0 Å². The molecule has 2 aromatic rings. The molecule has 4 nitrogen and oxygen atoms in total. The molecule has 2 heterocycles. The van der Waals surface area contributed by atoms with Crippen molar-refractivity contribution in [2.24, 2.45) is 0 Å². The first-order valence-electron chi connectivity index (χ1n) is 10.6. The van der Waals surface area contributed by atoms with E-state index in [0.29, 0.717) is 6.04 Å². The summed E-state index contributed by atoms with van der Waals surface area (Å²) >= 11 is 0. The van der Waals surface area contributed by atoms with E-state index in [1.807, 2.05) is 48.5 Å². The van der Waals surface area contributed by atoms with Crippen molar-refractivity contribution < 1.29 is 9.90 Å². The van der Waals surface area contributed by atoms with E-state index in [0.717, 1.165) is 48.2 Å². The maximum atomic E-state index is 13.2. The molecule has 148 valence electrons. The molecule has 0 spiro atoms. The third kappa shape index (κ3) is 4.13. The second-order valence-corrected chi connectivity index (χ2v) is 8.05. The molecule has 0 aromatic heterocycles. The van der Waals surface area contributed by atoms with Crippen LogP contribution in [0.1, 0.15) is 48.0 Å². The number of hydrogen-bond acceptors (Lipinski definition) is 3. The highest BCUT2D eigenvalue weighted by Crippen LogP contribution is 2.26. The van der Waals surface area contributed by atoms with Crippen LogP contribution in [0.4, 0.5) is 0 Å². The number of aliphatic hydroxyl groups is 1. The monoisotopic (exact) mass is 378 g/mol. The first-order chi connectivity index (χ1) is 13.8. The number of rotatable bonds is 5. The average Bonchev–Trinajstić information content (AvgIpc) is 3.27. The highest BCUT2D eigenvalue weighted by Gasteiger charge is 2.29. The van der Waals surface area contributed by atoms with Gasteiger partial charge in [0.15, 0.2) is 0 Å². The molecule has 0 saturated carbocycles. The van der Waals surface area contributed by atoms with Gasteiger partial charge in [0, 0.05) is 24.7 Å². The lowest BCUT2D eigenvalue weighted by molar-refractivity contribution is 0.0560. The second-order valence-electron chi connectivity index (χ2n) is 8.05. The lowest BCUT2D eigenvalue weighted by atomic mass is 9.97. The van der Waals surface area contributed by atoms with Gasteiger partial charge in [-0.05, 0) is 74.0 Å². The molecular weight excluding hydrogens is 348 g/mol. The van der Waals surface area contributed by atoms with E-state index in [1.54, 1.807) is 0 Å². The number of carbonyl (C=O) groups excluding carboxylic acids is 1. The van der Waals surface area contributed by atoms with Gasteiger partial charge in [0.1, 0.15) is 0 Å². The summed E-state index contributed by atoms with van der Waals surface area (Å²) in [4.78, 5) is 17.9. The first kappa shape index (κ1) is 19.2. The Morgan fingerprint density at radius 3 is 2.39 bits per heavy atom. The summed E-state index contributed by atoms with van der Waals surface area (Å²) in [6.07, 6.45) is 6.02. The molecular formula is C24H30N2O2. The van der Waals surface area contributed by atoms with Crippen molar-refractivity contribution in [1.29, 1.82) is 0 Å². The van der Waals surface area contributed by atoms with Crippen molar-refractivity contribution in [3.63, 3.8) is 0 Å². The Bertz CT molecular complexity index is 797. The van der Waals surface area contributed by atoms with Gasteiger partial charge in [-0.25, -0.2) is 0 Å². The molecule has 0 radical (unpaired) electrons. The third-order valence-electron chi connectivity index (χ3n) is 6.19. The van der Waals surface area contributed by atoms with Gasteiger partial charge in [0.25, 0.3) is 5.91 Å². The fourth-order valence-electron chi connectivity index (χ4n) is 4.62. The van der Waals surface area contributed by atoms with Crippen molar-refractivity contribution >= 4 is 5.91 Å². The van der Waals surface area contributed by atoms with E-state index in [2.05, 4.69) is 9.80 Å². The largest absolute Gasteiger partial charge is 0.392 e. The van der Waals surface area contributed by atoms with Crippen molar-refractivity contribution in [3.8, 4) is 11.1 Å². The van der Waals surface area contributed by atoms with Crippen LogP contribution in [0.25, 0.3) is 11.1 Å². The summed E-state index contributed by atoms with van der Waals surface area (Å²) in [5, 5.41) is 9.57. The molecule has 1 atom stereocenters. The maximum Gasteiger partial charge on any atom is 0.254 e. The zero-order chi connectivity index (χ0) is 19.3. The highest BCUT2D eigenvalue weighted by molar-refractivity contribution is 5.95. The summed E-state index contributed by atoms with van der Waals surface area (Å²) in [7, 11) is 0. The molecule has 2 aliphatic rings. The Hall–Kier alpha value is -2.17. The third-order valence-corrected chi connectivity index (χ3v) is 6.19. The summed E-state index contributed by atoms with van der Waals surface area (Å²) in [6.45, 7) is 4.26. The van der Waals surface area contributed by atoms with Crippen molar-refractivity contribution in [1.82, 2.24) is 9.80 Å². The minimum absolute atomic E-state index is 0.0167. The predicted octanol–water partition coefficient (Wildman–Crippen LogP) is 3.94. The standard InChI is InChI=1S/C24H30N2O2/c27-18-21-7-1-2-9-23(21)19-10-12-20(13-11-19)24(28)26-16-4-3-8-22(26)17-25-14-5-6-15-25/h1-2,7,9-13,22,27H,3-6,8,14-18H2/t22-/m1/s1. The second kappa shape index (κ2) is 8.89. The number of aliphatic hydroxyl groups excluding tert-OH is 1. The van der Waals surface area contributed by atoms with Gasteiger partial charge in [-0.15, -0.1) is 0 Å². The van der Waals surface area contributed by atoms with Crippen LogP contribution in [0.2, 0.25) is 0 Å². The molecule has 0 aliphatic carbocycles. The van der Waals surface area contributed by atoms with Gasteiger partial charge in [-0.3, -0.25) is 4.79 Å². The number of piperidine rings is 1. The van der Waals surface area contributed by atoms with Crippen molar-refractivity contribution in [2.75, 3.05) is 26.2 Å². The van der Waals surface area contributed by atoms with E-state index in [9.17, 15) is 9.90 Å². The Balaban J connectivity index is 1.50. The number of nitrogens with zero attached hydrogens (tertiary/aromatic N) is 2. The van der Waals surface area contributed by atoms with Crippen LogP contribution in [0.5, 0.6) is 0 Å². The minimum Gasteiger partial charge on any atom is -0.392 e. The van der Waals surface area contributed by atoms with Crippen LogP contribution in [-0.2, 0) is 6.61 Å². The van der Waals surface area contributed by atoms with Crippen LogP contribution in [0.3, 0.4) is 0 Å². The lowest BCUT2D eigenvalue weighted by Gasteiger charge is -2.38. The number of carbonyl (C=O) groups is 1. The SMILES string of the molecule is O=C(c1ccc(-c2ccccc2CO)cc1)N1CCCC[C@@H]1CN1CCCC1. The molecule has 2 fully saturated rings. The molecule has 0 bridgehead atoms. The van der Waals surface area contributed by atoms with E-state index >= 15 is 0 Å². The Labute approximate surface area is 167 Å². The van der Waals surface area contributed by atoms with Crippen molar-refractivity contribution in [2.45, 2.75) is 44.8 Å². The first-order valence-corrected chi connectivity index (χ1v) is 10.6. The number of benzene rings is 2. The fraction of sp³-hybridized carbons (Fsp3) is 0.458. The molecule has 0 unspecified atom stereocenters. The quantitative estimate of drug-likeness (QED) is 0.857. The molecule has 28 heavy (non-hydrogen) atoms. The van der Waals surface area contributed by atoms with Crippen LogP contribution < -0.4 is 0 Å². The number of likely N-dealkylation sites (tertiary alicyclic amines) is 2.